The van der Waals surface area contributed by atoms with Gasteiger partial charge in [-0.05, 0) is 64.2 Å². The Hall–Kier alpha value is -2.74. The lowest BCUT2D eigenvalue weighted by Crippen LogP contribution is -2.46. The molecule has 3 aromatic rings. The number of carbonyl (C=O) groups is 2. The van der Waals surface area contributed by atoms with Gasteiger partial charge >= 0.3 is 0 Å². The monoisotopic (exact) mass is 438 g/mol. The Kier molecular flexibility index (Phi) is 5.04. The van der Waals surface area contributed by atoms with E-state index < -0.39 is 0 Å². The maximum Gasteiger partial charge on any atom is 0.287 e. The Labute approximate surface area is 184 Å². The van der Waals surface area contributed by atoms with Crippen LogP contribution < -0.4 is 5.32 Å². The summed E-state index contributed by atoms with van der Waals surface area (Å²) in [4.78, 5) is 38.6. The number of aromatic nitrogens is 2. The van der Waals surface area contributed by atoms with Crippen LogP contribution in [0.15, 0.2) is 16.5 Å². The van der Waals surface area contributed by atoms with E-state index in [0.717, 1.165) is 57.9 Å². The van der Waals surface area contributed by atoms with Crippen molar-refractivity contribution in [2.75, 3.05) is 13.1 Å². The zero-order valence-electron chi connectivity index (χ0n) is 18.0. The van der Waals surface area contributed by atoms with Gasteiger partial charge in [-0.2, -0.15) is 0 Å². The third kappa shape index (κ3) is 3.84. The third-order valence-corrected chi connectivity index (χ3v) is 7.38. The first kappa shape index (κ1) is 20.2. The minimum absolute atomic E-state index is 0.0414. The molecule has 1 saturated heterocycles. The molecule has 5 rings (SSSR count). The number of nitrogens with zero attached hydrogens (tertiary/aromatic N) is 3. The highest BCUT2D eigenvalue weighted by Crippen LogP contribution is 2.40. The predicted molar refractivity (Wildman–Crippen MR) is 119 cm³/mol. The van der Waals surface area contributed by atoms with Crippen molar-refractivity contribution in [3.05, 3.63) is 45.6 Å². The minimum Gasteiger partial charge on any atom is -0.456 e. The van der Waals surface area contributed by atoms with Crippen molar-refractivity contribution in [3.8, 4) is 0 Å². The number of thiophene rings is 1. The van der Waals surface area contributed by atoms with E-state index in [2.05, 4.69) is 5.32 Å². The number of amides is 2. The van der Waals surface area contributed by atoms with E-state index >= 15 is 0 Å². The van der Waals surface area contributed by atoms with Crippen LogP contribution in [0.5, 0.6) is 0 Å². The Morgan fingerprint density at radius 2 is 1.84 bits per heavy atom. The molecule has 0 radical (unpaired) electrons. The van der Waals surface area contributed by atoms with Gasteiger partial charge in [-0.15, -0.1) is 11.3 Å². The van der Waals surface area contributed by atoms with Crippen LogP contribution in [0.25, 0.3) is 10.2 Å². The van der Waals surface area contributed by atoms with Crippen LogP contribution in [0.1, 0.15) is 74.7 Å². The van der Waals surface area contributed by atoms with Gasteiger partial charge in [-0.3, -0.25) is 9.59 Å². The van der Waals surface area contributed by atoms with Crippen molar-refractivity contribution in [1.29, 1.82) is 0 Å². The molecule has 0 spiro atoms. The summed E-state index contributed by atoms with van der Waals surface area (Å²) in [6.07, 6.45) is 3.77. The normalized spacial score (nSPS) is 17.3. The molecule has 1 N–H and O–H groups in total. The lowest BCUT2D eigenvalue weighted by Gasteiger charge is -2.32. The SMILES string of the molecule is Cc1ccc(C(=O)NC2CCN(C(=O)c3sc4nc(C5CC5)nc(C)c4c3C)CC2)o1. The number of hydrogen-bond acceptors (Lipinski definition) is 6. The van der Waals surface area contributed by atoms with Gasteiger partial charge in [-0.25, -0.2) is 9.97 Å². The van der Waals surface area contributed by atoms with E-state index in [0.29, 0.717) is 30.5 Å². The van der Waals surface area contributed by atoms with Gasteiger partial charge in [-0.1, -0.05) is 0 Å². The molecule has 31 heavy (non-hydrogen) atoms. The second kappa shape index (κ2) is 7.75. The maximum absolute atomic E-state index is 13.3. The first-order chi connectivity index (χ1) is 14.9. The summed E-state index contributed by atoms with van der Waals surface area (Å²) in [6, 6.07) is 3.51. The molecule has 162 valence electrons. The average Bonchev–Trinajstić information content (AvgIpc) is 3.43. The Morgan fingerprint density at radius 3 is 2.48 bits per heavy atom. The first-order valence-corrected chi connectivity index (χ1v) is 11.7. The van der Waals surface area contributed by atoms with Gasteiger partial charge in [0.05, 0.1) is 10.6 Å². The topological polar surface area (TPSA) is 88.3 Å². The van der Waals surface area contributed by atoms with Gasteiger partial charge in [0.2, 0.25) is 0 Å². The molecule has 1 aliphatic heterocycles. The fourth-order valence-electron chi connectivity index (χ4n) is 4.27. The Balaban J connectivity index is 1.27. The smallest absolute Gasteiger partial charge is 0.287 e. The summed E-state index contributed by atoms with van der Waals surface area (Å²) in [5, 5.41) is 4.05. The molecule has 1 saturated carbocycles. The zero-order chi connectivity index (χ0) is 21.7. The lowest BCUT2D eigenvalue weighted by atomic mass is 10.0. The van der Waals surface area contributed by atoms with Crippen molar-refractivity contribution < 1.29 is 14.0 Å². The largest absolute Gasteiger partial charge is 0.456 e. The summed E-state index contributed by atoms with van der Waals surface area (Å²) in [5.74, 6) is 2.32. The molecular weight excluding hydrogens is 412 g/mol. The third-order valence-electron chi connectivity index (χ3n) is 6.21. The van der Waals surface area contributed by atoms with Gasteiger partial charge < -0.3 is 14.6 Å². The van der Waals surface area contributed by atoms with E-state index in [9.17, 15) is 9.59 Å². The molecule has 2 fully saturated rings. The number of rotatable bonds is 4. The highest BCUT2D eigenvalue weighted by atomic mass is 32.1. The van der Waals surface area contributed by atoms with E-state index in [-0.39, 0.29) is 17.9 Å². The van der Waals surface area contributed by atoms with Gasteiger partial charge in [0, 0.05) is 30.4 Å². The number of hydrogen-bond donors (Lipinski definition) is 1. The first-order valence-electron chi connectivity index (χ1n) is 10.8. The molecule has 2 amide bonds. The number of furan rings is 1. The highest BCUT2D eigenvalue weighted by Gasteiger charge is 2.30. The molecule has 0 aromatic carbocycles. The van der Waals surface area contributed by atoms with Crippen LogP contribution >= 0.6 is 11.3 Å². The summed E-state index contributed by atoms with van der Waals surface area (Å²) in [6.45, 7) is 7.06. The standard InChI is InChI=1S/C23H26N4O3S/c1-12-4-7-17(30-12)21(28)25-16-8-10-27(11-9-16)23(29)19-13(2)18-14(3)24-20(15-5-6-15)26-22(18)31-19/h4,7,15-16H,5-6,8-11H2,1-3H3,(H,25,28). The van der Waals surface area contributed by atoms with Crippen molar-refractivity contribution in [3.63, 3.8) is 0 Å². The van der Waals surface area contributed by atoms with Crippen LogP contribution in [0.3, 0.4) is 0 Å². The predicted octanol–water partition coefficient (Wildman–Crippen LogP) is 4.12. The van der Waals surface area contributed by atoms with Crippen molar-refractivity contribution in [2.24, 2.45) is 0 Å². The number of likely N-dealkylation sites (tertiary alicyclic amines) is 1. The van der Waals surface area contributed by atoms with Crippen LogP contribution in [-0.2, 0) is 0 Å². The van der Waals surface area contributed by atoms with Crippen molar-refractivity contribution >= 4 is 33.4 Å². The van der Waals surface area contributed by atoms with Crippen LogP contribution in [-0.4, -0.2) is 45.8 Å². The molecule has 0 bridgehead atoms. The van der Waals surface area contributed by atoms with Gasteiger partial charge in [0.1, 0.15) is 16.4 Å². The van der Waals surface area contributed by atoms with Gasteiger partial charge in [0.15, 0.2) is 5.76 Å². The van der Waals surface area contributed by atoms with Crippen LogP contribution in [0.2, 0.25) is 0 Å². The summed E-state index contributed by atoms with van der Waals surface area (Å²) < 4.78 is 5.40. The van der Waals surface area contributed by atoms with Gasteiger partial charge in [0.25, 0.3) is 11.8 Å². The van der Waals surface area contributed by atoms with E-state index in [1.165, 1.54) is 11.3 Å². The fourth-order valence-corrected chi connectivity index (χ4v) is 5.48. The summed E-state index contributed by atoms with van der Waals surface area (Å²) in [7, 11) is 0. The highest BCUT2D eigenvalue weighted by molar-refractivity contribution is 7.20. The number of piperidine rings is 1. The van der Waals surface area contributed by atoms with E-state index in [1.807, 2.05) is 25.7 Å². The number of aryl methyl sites for hydroxylation is 3. The molecular formula is C23H26N4O3S. The quantitative estimate of drug-likeness (QED) is 0.662. The number of nitrogens with one attached hydrogen (secondary N) is 1. The number of fused-ring (bicyclic) bond motifs is 1. The Morgan fingerprint density at radius 1 is 1.10 bits per heavy atom. The molecule has 1 aliphatic carbocycles. The second-order valence-electron chi connectivity index (χ2n) is 8.63. The molecule has 8 heteroatoms. The molecule has 3 aromatic heterocycles. The van der Waals surface area contributed by atoms with Crippen LogP contribution in [0.4, 0.5) is 0 Å². The molecule has 2 aliphatic rings. The number of carbonyl (C=O) groups excluding carboxylic acids is 2. The second-order valence-corrected chi connectivity index (χ2v) is 9.63. The lowest BCUT2D eigenvalue weighted by molar-refractivity contribution is 0.0699. The van der Waals surface area contributed by atoms with Crippen molar-refractivity contribution in [2.45, 2.75) is 58.4 Å². The zero-order valence-corrected chi connectivity index (χ0v) is 18.8. The average molecular weight is 439 g/mol. The summed E-state index contributed by atoms with van der Waals surface area (Å²) >= 11 is 1.49. The Bertz CT molecular complexity index is 1170. The molecule has 7 nitrogen and oxygen atoms in total. The summed E-state index contributed by atoms with van der Waals surface area (Å²) in [5.41, 5.74) is 1.95. The fraction of sp³-hybridized carbons (Fsp3) is 0.478. The van der Waals surface area contributed by atoms with Crippen molar-refractivity contribution in [1.82, 2.24) is 20.2 Å². The minimum atomic E-state index is -0.196. The molecule has 0 atom stereocenters. The van der Waals surface area contributed by atoms with E-state index in [4.69, 9.17) is 14.4 Å². The molecule has 0 unspecified atom stereocenters. The maximum atomic E-state index is 13.3. The van der Waals surface area contributed by atoms with E-state index in [1.54, 1.807) is 12.1 Å². The molecule has 4 heterocycles. The van der Waals surface area contributed by atoms with Crippen LogP contribution in [0, 0.1) is 20.8 Å².